The molecule has 3 aliphatic rings. The third-order valence-electron chi connectivity index (χ3n) is 3.81. The van der Waals surface area contributed by atoms with Crippen LogP contribution in [0.2, 0.25) is 0 Å². The maximum Gasteiger partial charge on any atom is 0.112 e. The van der Waals surface area contributed by atoms with Gasteiger partial charge in [-0.3, -0.25) is 9.80 Å². The number of fused-ring (bicyclic) bond motifs is 3. The number of hydrogen-bond donors (Lipinski definition) is 1. The summed E-state index contributed by atoms with van der Waals surface area (Å²) in [6.07, 6.45) is 0. The molecular formula is C12H20N4S. The Bertz CT molecular complexity index is 395. The summed E-state index contributed by atoms with van der Waals surface area (Å²) in [5.74, 6) is 0. The number of aryl methyl sites for hydroxylation is 1. The Morgan fingerprint density at radius 2 is 2.12 bits per heavy atom. The van der Waals surface area contributed by atoms with Crippen LogP contribution >= 0.6 is 11.3 Å². The van der Waals surface area contributed by atoms with Crippen LogP contribution in [0.4, 0.5) is 0 Å². The lowest BCUT2D eigenvalue weighted by molar-refractivity contribution is 0.0122. The summed E-state index contributed by atoms with van der Waals surface area (Å²) >= 11 is 1.89. The van der Waals surface area contributed by atoms with Crippen LogP contribution in [0.1, 0.15) is 21.6 Å². The molecule has 1 atom stereocenters. The number of rotatable bonds is 3. The fraction of sp³-hybridized carbons (Fsp3) is 0.750. The Morgan fingerprint density at radius 3 is 2.71 bits per heavy atom. The lowest BCUT2D eigenvalue weighted by atomic mass is 10.1. The van der Waals surface area contributed by atoms with Crippen molar-refractivity contribution in [2.24, 2.45) is 0 Å². The SMILES string of the molecule is CNCc1sc(C2CN3CCN2CC3)nc1C. The molecular weight excluding hydrogens is 232 g/mol. The number of thiazole rings is 1. The van der Waals surface area contributed by atoms with Crippen LogP contribution in [-0.4, -0.2) is 54.6 Å². The molecule has 17 heavy (non-hydrogen) atoms. The van der Waals surface area contributed by atoms with Gasteiger partial charge < -0.3 is 5.32 Å². The maximum atomic E-state index is 4.78. The van der Waals surface area contributed by atoms with Crippen molar-refractivity contribution < 1.29 is 0 Å². The first-order valence-corrected chi connectivity index (χ1v) is 7.17. The van der Waals surface area contributed by atoms with Gasteiger partial charge in [0.15, 0.2) is 0 Å². The molecule has 4 nitrogen and oxygen atoms in total. The molecule has 0 aromatic carbocycles. The Kier molecular flexibility index (Phi) is 3.17. The zero-order chi connectivity index (χ0) is 11.8. The van der Waals surface area contributed by atoms with Gasteiger partial charge in [0.05, 0.1) is 11.7 Å². The van der Waals surface area contributed by atoms with Crippen molar-refractivity contribution in [1.82, 2.24) is 20.1 Å². The van der Waals surface area contributed by atoms with Crippen molar-refractivity contribution in [3.05, 3.63) is 15.6 Å². The van der Waals surface area contributed by atoms with Gasteiger partial charge in [-0.2, -0.15) is 0 Å². The van der Waals surface area contributed by atoms with Gasteiger partial charge in [-0.25, -0.2) is 4.98 Å². The summed E-state index contributed by atoms with van der Waals surface area (Å²) in [6, 6.07) is 0.548. The molecule has 1 aromatic heterocycles. The lowest BCUT2D eigenvalue weighted by Gasteiger charge is -2.46. The van der Waals surface area contributed by atoms with Crippen molar-refractivity contribution in [2.45, 2.75) is 19.5 Å². The Balaban J connectivity index is 1.82. The average molecular weight is 252 g/mol. The molecule has 0 radical (unpaired) electrons. The fourth-order valence-corrected chi connectivity index (χ4v) is 3.97. The molecule has 4 rings (SSSR count). The van der Waals surface area contributed by atoms with E-state index in [9.17, 15) is 0 Å². The topological polar surface area (TPSA) is 31.4 Å². The average Bonchev–Trinajstić information content (AvgIpc) is 2.73. The summed E-state index contributed by atoms with van der Waals surface area (Å²) in [5.41, 5.74) is 1.21. The quantitative estimate of drug-likeness (QED) is 0.864. The van der Waals surface area contributed by atoms with E-state index in [4.69, 9.17) is 4.98 Å². The van der Waals surface area contributed by atoms with Gasteiger partial charge in [0, 0.05) is 44.1 Å². The van der Waals surface area contributed by atoms with Gasteiger partial charge >= 0.3 is 0 Å². The molecule has 3 saturated heterocycles. The Labute approximate surface area is 107 Å². The first-order valence-electron chi connectivity index (χ1n) is 6.35. The largest absolute Gasteiger partial charge is 0.315 e. The zero-order valence-corrected chi connectivity index (χ0v) is 11.4. The second kappa shape index (κ2) is 4.65. The van der Waals surface area contributed by atoms with E-state index in [1.165, 1.54) is 48.3 Å². The van der Waals surface area contributed by atoms with Gasteiger partial charge in [0.25, 0.3) is 0 Å². The van der Waals surface area contributed by atoms with E-state index in [1.807, 2.05) is 18.4 Å². The highest BCUT2D eigenvalue weighted by Crippen LogP contribution is 2.32. The summed E-state index contributed by atoms with van der Waals surface area (Å²) < 4.78 is 0. The van der Waals surface area contributed by atoms with E-state index in [1.54, 1.807) is 0 Å². The van der Waals surface area contributed by atoms with Gasteiger partial charge in [0.1, 0.15) is 5.01 Å². The number of nitrogens with one attached hydrogen (secondary N) is 1. The number of nitrogens with zero attached hydrogens (tertiary/aromatic N) is 3. The van der Waals surface area contributed by atoms with Gasteiger partial charge in [0.2, 0.25) is 0 Å². The molecule has 0 saturated carbocycles. The van der Waals surface area contributed by atoms with Crippen molar-refractivity contribution >= 4 is 11.3 Å². The molecule has 3 fully saturated rings. The van der Waals surface area contributed by atoms with E-state index < -0.39 is 0 Å². The molecule has 0 amide bonds. The van der Waals surface area contributed by atoms with Crippen molar-refractivity contribution in [3.63, 3.8) is 0 Å². The summed E-state index contributed by atoms with van der Waals surface area (Å²) in [4.78, 5) is 11.3. The molecule has 3 aliphatic heterocycles. The predicted octanol–water partition coefficient (Wildman–Crippen LogP) is 0.843. The molecule has 1 aromatic rings. The smallest absolute Gasteiger partial charge is 0.112 e. The molecule has 5 heteroatoms. The van der Waals surface area contributed by atoms with Crippen LogP contribution in [0, 0.1) is 6.92 Å². The third kappa shape index (κ3) is 2.12. The van der Waals surface area contributed by atoms with Crippen molar-refractivity contribution in [2.75, 3.05) is 39.8 Å². The summed E-state index contributed by atoms with van der Waals surface area (Å²) in [6.45, 7) is 9.15. The highest BCUT2D eigenvalue weighted by molar-refractivity contribution is 7.11. The minimum Gasteiger partial charge on any atom is -0.315 e. The number of hydrogen-bond acceptors (Lipinski definition) is 5. The van der Waals surface area contributed by atoms with E-state index in [2.05, 4.69) is 22.0 Å². The van der Waals surface area contributed by atoms with Crippen LogP contribution in [0.3, 0.4) is 0 Å². The third-order valence-corrected chi connectivity index (χ3v) is 5.07. The molecule has 1 unspecified atom stereocenters. The van der Waals surface area contributed by atoms with Gasteiger partial charge in [-0.1, -0.05) is 0 Å². The van der Waals surface area contributed by atoms with E-state index in [-0.39, 0.29) is 0 Å². The van der Waals surface area contributed by atoms with Crippen LogP contribution in [0.15, 0.2) is 0 Å². The molecule has 4 heterocycles. The first-order chi connectivity index (χ1) is 8.28. The van der Waals surface area contributed by atoms with Crippen molar-refractivity contribution in [1.29, 1.82) is 0 Å². The molecule has 2 bridgehead atoms. The Morgan fingerprint density at radius 1 is 1.35 bits per heavy atom. The van der Waals surface area contributed by atoms with E-state index in [0.717, 1.165) is 6.54 Å². The molecule has 0 spiro atoms. The normalized spacial score (nSPS) is 32.0. The second-order valence-electron chi connectivity index (χ2n) is 4.94. The minimum absolute atomic E-state index is 0.548. The molecule has 94 valence electrons. The highest BCUT2D eigenvalue weighted by atomic mass is 32.1. The van der Waals surface area contributed by atoms with Gasteiger partial charge in [-0.05, 0) is 14.0 Å². The van der Waals surface area contributed by atoms with Gasteiger partial charge in [-0.15, -0.1) is 11.3 Å². The summed E-state index contributed by atoms with van der Waals surface area (Å²) in [5, 5.41) is 4.54. The van der Waals surface area contributed by atoms with Crippen LogP contribution < -0.4 is 5.32 Å². The highest BCUT2D eigenvalue weighted by Gasteiger charge is 2.34. The standard InChI is InChI=1S/C12H20N4S/c1-9-11(7-13-2)17-12(14-9)10-8-15-3-5-16(10)6-4-15/h10,13H,3-8H2,1-2H3. The second-order valence-corrected chi connectivity index (χ2v) is 6.06. The first kappa shape index (κ1) is 11.6. The van der Waals surface area contributed by atoms with E-state index in [0.29, 0.717) is 6.04 Å². The monoisotopic (exact) mass is 252 g/mol. The minimum atomic E-state index is 0.548. The molecule has 1 N–H and O–H groups in total. The van der Waals surface area contributed by atoms with Crippen LogP contribution in [0.25, 0.3) is 0 Å². The van der Waals surface area contributed by atoms with Crippen molar-refractivity contribution in [3.8, 4) is 0 Å². The Hall–Kier alpha value is -0.490. The van der Waals surface area contributed by atoms with Crippen LogP contribution in [-0.2, 0) is 6.54 Å². The number of aromatic nitrogens is 1. The zero-order valence-electron chi connectivity index (χ0n) is 10.6. The number of piperazine rings is 3. The lowest BCUT2D eigenvalue weighted by Crippen LogP contribution is -2.56. The van der Waals surface area contributed by atoms with E-state index >= 15 is 0 Å². The fourth-order valence-electron chi connectivity index (χ4n) is 2.77. The maximum absolute atomic E-state index is 4.78. The predicted molar refractivity (Wildman–Crippen MR) is 70.4 cm³/mol. The summed E-state index contributed by atoms with van der Waals surface area (Å²) in [7, 11) is 2.00. The van der Waals surface area contributed by atoms with Crippen LogP contribution in [0.5, 0.6) is 0 Å². The molecule has 0 aliphatic carbocycles.